The third-order valence-electron chi connectivity index (χ3n) is 1.52. The molecule has 0 aromatic carbocycles. The smallest absolute Gasteiger partial charge is 0.329 e. The Hall–Kier alpha value is -1.43. The number of carboxylic acid groups (broad SMARTS) is 1. The average Bonchev–Trinajstić information content (AvgIpc) is 2.53. The van der Waals surface area contributed by atoms with Crippen LogP contribution in [-0.4, -0.2) is 32.9 Å². The van der Waals surface area contributed by atoms with Crippen molar-refractivity contribution in [2.75, 3.05) is 6.61 Å². The van der Waals surface area contributed by atoms with E-state index in [1.807, 2.05) is 6.92 Å². The predicted molar refractivity (Wildman–Crippen MR) is 47.7 cm³/mol. The Balaban J connectivity index is 2.32. The molecule has 1 aromatic heterocycles. The largest absolute Gasteiger partial charge is 0.480 e. The molecule has 0 aliphatic heterocycles. The lowest BCUT2D eigenvalue weighted by Crippen LogP contribution is -2.07. The van der Waals surface area contributed by atoms with E-state index in [2.05, 4.69) is 15.2 Å². The number of aliphatic carboxylic acids is 1. The molecule has 0 aliphatic carbocycles. The van der Waals surface area contributed by atoms with Crippen LogP contribution in [0, 0.1) is 0 Å². The second-order valence-electron chi connectivity index (χ2n) is 2.83. The van der Waals surface area contributed by atoms with Crippen LogP contribution in [-0.2, 0) is 22.6 Å². The number of hydrogen-bond acceptors (Lipinski definition) is 4. The van der Waals surface area contributed by atoms with Crippen LogP contribution in [0.25, 0.3) is 0 Å². The lowest BCUT2D eigenvalue weighted by Gasteiger charge is -1.95. The van der Waals surface area contributed by atoms with E-state index in [0.29, 0.717) is 5.82 Å². The minimum absolute atomic E-state index is 0.156. The number of hydrogen-bond donors (Lipinski definition) is 2. The summed E-state index contributed by atoms with van der Waals surface area (Å²) in [5.74, 6) is 0.314. The molecule has 6 heteroatoms. The average molecular weight is 199 g/mol. The maximum atomic E-state index is 10.1. The van der Waals surface area contributed by atoms with E-state index < -0.39 is 5.97 Å². The SMILES string of the molecule is CCCc1n[nH]c(COCC(=O)O)n1. The van der Waals surface area contributed by atoms with Crippen molar-refractivity contribution in [1.29, 1.82) is 0 Å². The van der Waals surface area contributed by atoms with Crippen molar-refractivity contribution in [2.45, 2.75) is 26.4 Å². The zero-order valence-electron chi connectivity index (χ0n) is 7.99. The molecule has 0 fully saturated rings. The van der Waals surface area contributed by atoms with Gasteiger partial charge >= 0.3 is 5.97 Å². The minimum atomic E-state index is -0.988. The van der Waals surface area contributed by atoms with Gasteiger partial charge in [-0.25, -0.2) is 9.78 Å². The van der Waals surface area contributed by atoms with Crippen LogP contribution in [0.15, 0.2) is 0 Å². The van der Waals surface area contributed by atoms with Crippen molar-refractivity contribution in [3.63, 3.8) is 0 Å². The van der Waals surface area contributed by atoms with Crippen LogP contribution < -0.4 is 0 Å². The monoisotopic (exact) mass is 199 g/mol. The summed E-state index contributed by atoms with van der Waals surface area (Å²) < 4.78 is 4.84. The number of H-pyrrole nitrogens is 1. The third-order valence-corrected chi connectivity index (χ3v) is 1.52. The molecule has 0 saturated heterocycles. The minimum Gasteiger partial charge on any atom is -0.480 e. The summed E-state index contributed by atoms with van der Waals surface area (Å²) >= 11 is 0. The predicted octanol–water partition coefficient (Wildman–Crippen LogP) is 0.358. The summed E-state index contributed by atoms with van der Waals surface area (Å²) in [4.78, 5) is 14.2. The summed E-state index contributed by atoms with van der Waals surface area (Å²) in [6, 6.07) is 0. The molecule has 0 radical (unpaired) electrons. The highest BCUT2D eigenvalue weighted by molar-refractivity contribution is 5.67. The molecule has 0 aliphatic rings. The zero-order chi connectivity index (χ0) is 10.4. The second-order valence-corrected chi connectivity index (χ2v) is 2.83. The number of nitrogens with one attached hydrogen (secondary N) is 1. The van der Waals surface area contributed by atoms with Gasteiger partial charge < -0.3 is 9.84 Å². The number of ether oxygens (including phenoxy) is 1. The highest BCUT2D eigenvalue weighted by Gasteiger charge is 2.03. The topological polar surface area (TPSA) is 88.1 Å². The molecule has 0 saturated carbocycles. The van der Waals surface area contributed by atoms with E-state index in [0.717, 1.165) is 18.7 Å². The van der Waals surface area contributed by atoms with Gasteiger partial charge in [-0.1, -0.05) is 6.92 Å². The van der Waals surface area contributed by atoms with Gasteiger partial charge in [0, 0.05) is 6.42 Å². The van der Waals surface area contributed by atoms with Gasteiger partial charge in [0.1, 0.15) is 13.2 Å². The first-order chi connectivity index (χ1) is 6.72. The van der Waals surface area contributed by atoms with Crippen molar-refractivity contribution >= 4 is 5.97 Å². The fraction of sp³-hybridized carbons (Fsp3) is 0.625. The summed E-state index contributed by atoms with van der Waals surface area (Å²) in [6.07, 6.45) is 1.79. The van der Waals surface area contributed by atoms with E-state index >= 15 is 0 Å². The standard InChI is InChI=1S/C8H13N3O3/c1-2-3-6-9-7(11-10-6)4-14-5-8(12)13/h2-5H2,1H3,(H,12,13)(H,9,10,11). The highest BCUT2D eigenvalue weighted by atomic mass is 16.5. The van der Waals surface area contributed by atoms with Crippen molar-refractivity contribution in [2.24, 2.45) is 0 Å². The van der Waals surface area contributed by atoms with Gasteiger partial charge in [-0.3, -0.25) is 5.10 Å². The normalized spacial score (nSPS) is 10.4. The lowest BCUT2D eigenvalue weighted by atomic mass is 10.3. The van der Waals surface area contributed by atoms with Gasteiger partial charge in [0.15, 0.2) is 11.6 Å². The van der Waals surface area contributed by atoms with Gasteiger partial charge in [-0.2, -0.15) is 5.10 Å². The van der Waals surface area contributed by atoms with E-state index in [1.54, 1.807) is 0 Å². The summed E-state index contributed by atoms with van der Waals surface area (Å²) in [6.45, 7) is 1.88. The first-order valence-electron chi connectivity index (χ1n) is 4.42. The number of aryl methyl sites for hydroxylation is 1. The fourth-order valence-corrected chi connectivity index (χ4v) is 0.970. The molecule has 1 rings (SSSR count). The van der Waals surface area contributed by atoms with E-state index in [1.165, 1.54) is 0 Å². The Morgan fingerprint density at radius 1 is 1.64 bits per heavy atom. The van der Waals surface area contributed by atoms with Gasteiger partial charge in [0.05, 0.1) is 0 Å². The van der Waals surface area contributed by atoms with E-state index in [9.17, 15) is 4.79 Å². The summed E-state index contributed by atoms with van der Waals surface area (Å²) in [7, 11) is 0. The highest BCUT2D eigenvalue weighted by Crippen LogP contribution is 1.97. The Kier molecular flexibility index (Phi) is 4.06. The van der Waals surface area contributed by atoms with Crippen LogP contribution >= 0.6 is 0 Å². The van der Waals surface area contributed by atoms with Crippen molar-refractivity contribution < 1.29 is 14.6 Å². The van der Waals surface area contributed by atoms with Crippen molar-refractivity contribution in [1.82, 2.24) is 15.2 Å². The molecule has 6 nitrogen and oxygen atoms in total. The maximum Gasteiger partial charge on any atom is 0.329 e. The molecular formula is C8H13N3O3. The van der Waals surface area contributed by atoms with Gasteiger partial charge in [-0.15, -0.1) is 0 Å². The Morgan fingerprint density at radius 3 is 3.07 bits per heavy atom. The number of aromatic amines is 1. The molecule has 0 atom stereocenters. The molecule has 14 heavy (non-hydrogen) atoms. The first-order valence-corrected chi connectivity index (χ1v) is 4.42. The molecule has 0 bridgehead atoms. The van der Waals surface area contributed by atoms with Gasteiger partial charge in [0.25, 0.3) is 0 Å². The van der Waals surface area contributed by atoms with Crippen molar-refractivity contribution in [3.8, 4) is 0 Å². The van der Waals surface area contributed by atoms with E-state index in [4.69, 9.17) is 9.84 Å². The molecule has 2 N–H and O–H groups in total. The second kappa shape index (κ2) is 5.33. The molecule has 78 valence electrons. The quantitative estimate of drug-likeness (QED) is 0.690. The Labute approximate surface area is 81.3 Å². The molecule has 0 amide bonds. The molecule has 1 aromatic rings. The molecule has 1 heterocycles. The Bertz CT molecular complexity index is 298. The summed E-state index contributed by atoms with van der Waals surface area (Å²) in [5.41, 5.74) is 0. The number of carboxylic acids is 1. The molecular weight excluding hydrogens is 186 g/mol. The van der Waals surface area contributed by atoms with E-state index in [-0.39, 0.29) is 13.2 Å². The Morgan fingerprint density at radius 2 is 2.43 bits per heavy atom. The third kappa shape index (κ3) is 3.53. The van der Waals surface area contributed by atoms with Gasteiger partial charge in [0.2, 0.25) is 0 Å². The number of carbonyl (C=O) groups is 1. The molecule has 0 unspecified atom stereocenters. The summed E-state index contributed by atoms with van der Waals surface area (Å²) in [5, 5.41) is 14.9. The number of nitrogens with zero attached hydrogens (tertiary/aromatic N) is 2. The van der Waals surface area contributed by atoms with Crippen molar-refractivity contribution in [3.05, 3.63) is 11.6 Å². The van der Waals surface area contributed by atoms with Crippen LogP contribution in [0.5, 0.6) is 0 Å². The number of aromatic nitrogens is 3. The zero-order valence-corrected chi connectivity index (χ0v) is 7.99. The molecule has 0 spiro atoms. The van der Waals surface area contributed by atoms with Crippen LogP contribution in [0.1, 0.15) is 25.0 Å². The number of rotatable bonds is 6. The van der Waals surface area contributed by atoms with Crippen LogP contribution in [0.4, 0.5) is 0 Å². The fourth-order valence-electron chi connectivity index (χ4n) is 0.970. The van der Waals surface area contributed by atoms with Crippen LogP contribution in [0.3, 0.4) is 0 Å². The van der Waals surface area contributed by atoms with Crippen LogP contribution in [0.2, 0.25) is 0 Å². The lowest BCUT2D eigenvalue weighted by molar-refractivity contribution is -0.142. The van der Waals surface area contributed by atoms with Gasteiger partial charge in [-0.05, 0) is 6.42 Å². The maximum absolute atomic E-state index is 10.1. The first kappa shape index (κ1) is 10.6.